The number of hydroxylamine groups is 1. The smallest absolute Gasteiger partial charge is 0.440 e. The minimum atomic E-state index is -3.61. The number of aliphatic carboxylic acids is 1. The van der Waals surface area contributed by atoms with Crippen molar-refractivity contribution in [3.63, 3.8) is 0 Å². The van der Waals surface area contributed by atoms with Crippen molar-refractivity contribution in [2.45, 2.75) is 115 Å². The molecule has 4 rings (SSSR count). The first-order valence-electron chi connectivity index (χ1n) is 18.1. The predicted molar refractivity (Wildman–Crippen MR) is 215 cm³/mol. The van der Waals surface area contributed by atoms with Gasteiger partial charge in [0.1, 0.15) is 5.60 Å². The lowest BCUT2D eigenvalue weighted by molar-refractivity contribution is -0.138. The summed E-state index contributed by atoms with van der Waals surface area (Å²) in [4.78, 5) is 49.0. The number of hydrogen-bond donors (Lipinski definition) is 4. The van der Waals surface area contributed by atoms with E-state index in [1.807, 2.05) is 32.9 Å². The molecule has 1 aromatic heterocycles. The van der Waals surface area contributed by atoms with Crippen molar-refractivity contribution in [1.82, 2.24) is 4.98 Å². The molecule has 0 aliphatic heterocycles. The third-order valence-electron chi connectivity index (χ3n) is 8.26. The third-order valence-corrected chi connectivity index (χ3v) is 10.9. The number of carbonyl (C=O) groups is 3. The van der Waals surface area contributed by atoms with Crippen LogP contribution in [0.2, 0.25) is 0 Å². The fourth-order valence-corrected chi connectivity index (χ4v) is 6.97. The first-order chi connectivity index (χ1) is 25.5. The van der Waals surface area contributed by atoms with Crippen LogP contribution in [-0.2, 0) is 42.0 Å². The highest BCUT2D eigenvalue weighted by Crippen LogP contribution is 2.32. The number of amides is 2. The Bertz CT molecular complexity index is 2130. The second-order valence-electron chi connectivity index (χ2n) is 16.3. The number of benzene rings is 3. The molecule has 0 aliphatic rings. The summed E-state index contributed by atoms with van der Waals surface area (Å²) in [6.07, 6.45) is 2.15. The fourth-order valence-electron chi connectivity index (χ4n) is 5.57. The Morgan fingerprint density at radius 1 is 0.873 bits per heavy atom. The normalized spacial score (nSPS) is 12.9. The minimum Gasteiger partial charge on any atom is -0.479 e. The number of aryl methyl sites for hydroxylation is 1. The molecule has 4 aromatic rings. The Labute approximate surface area is 323 Å². The molecule has 0 bridgehead atoms. The Kier molecular flexibility index (Phi) is 13.0. The molecule has 296 valence electrons. The van der Waals surface area contributed by atoms with Crippen LogP contribution in [0.5, 0.6) is 0 Å². The number of anilines is 3. The average Bonchev–Trinajstić information content (AvgIpc) is 3.07. The van der Waals surface area contributed by atoms with Gasteiger partial charge in [-0.25, -0.2) is 23.0 Å². The van der Waals surface area contributed by atoms with Crippen LogP contribution in [0.25, 0.3) is 10.8 Å². The van der Waals surface area contributed by atoms with E-state index in [9.17, 15) is 27.9 Å². The maximum absolute atomic E-state index is 13.2. The highest BCUT2D eigenvalue weighted by atomic mass is 32.2. The molecule has 0 saturated heterocycles. The molecule has 2 amide bonds. The molecule has 5 N–H and O–H groups in total. The Morgan fingerprint density at radius 3 is 2.11 bits per heavy atom. The molecule has 13 nitrogen and oxygen atoms in total. The van der Waals surface area contributed by atoms with E-state index < -0.39 is 43.9 Å². The number of rotatable bonds is 13. The fraction of sp³-hybridized carbons (Fsp3) is 0.415. The molecule has 0 spiro atoms. The summed E-state index contributed by atoms with van der Waals surface area (Å²) in [7, 11) is -3.61. The van der Waals surface area contributed by atoms with Crippen LogP contribution in [-0.4, -0.2) is 52.4 Å². The van der Waals surface area contributed by atoms with Gasteiger partial charge < -0.3 is 26.2 Å². The van der Waals surface area contributed by atoms with E-state index in [1.54, 1.807) is 96.3 Å². The number of sulfone groups is 1. The number of nitrogens with two attached hydrogens (primary N) is 1. The van der Waals surface area contributed by atoms with Crippen LogP contribution in [0, 0.1) is 0 Å². The van der Waals surface area contributed by atoms with Crippen LogP contribution in [0.4, 0.5) is 22.0 Å². The third kappa shape index (κ3) is 11.2. The standard InChI is InChI=1S/C41H53N5O8S/c1-39(2,3)53-38(50)46(54-40(4,5)6)36-32-19-17-31(23-28(32)21-22-43-36)45-35(37(48)49)27-15-13-26(14-16-27)11-10-12-34(47)44-30-18-20-33(29(24-30)25-42)55(51,52)41(7,8)9/h13-24,35,45H,10-12,25,42H2,1-9H3,(H,44,47)(H,48,49). The minimum absolute atomic E-state index is 0.00728. The number of carboxylic acid groups (broad SMARTS) is 1. The van der Waals surface area contributed by atoms with Gasteiger partial charge in [0.05, 0.1) is 15.2 Å². The predicted octanol–water partition coefficient (Wildman–Crippen LogP) is 7.94. The van der Waals surface area contributed by atoms with E-state index in [1.165, 1.54) is 6.07 Å². The molecular weight excluding hydrogens is 723 g/mol. The van der Waals surface area contributed by atoms with Gasteiger partial charge in [-0.05, 0) is 140 Å². The highest BCUT2D eigenvalue weighted by molar-refractivity contribution is 7.92. The summed E-state index contributed by atoms with van der Waals surface area (Å²) in [6.45, 7) is 15.6. The van der Waals surface area contributed by atoms with E-state index in [2.05, 4.69) is 15.6 Å². The molecule has 0 aliphatic carbocycles. The zero-order valence-electron chi connectivity index (χ0n) is 33.0. The summed E-state index contributed by atoms with van der Waals surface area (Å²) < 4.78 is 30.5. The Hall–Kier alpha value is -5.05. The number of ether oxygens (including phenoxy) is 1. The lowest BCUT2D eigenvalue weighted by Gasteiger charge is -2.31. The Morgan fingerprint density at radius 2 is 1.53 bits per heavy atom. The number of nitrogens with zero attached hydrogens (tertiary/aromatic N) is 2. The van der Waals surface area contributed by atoms with Gasteiger partial charge in [0.25, 0.3) is 0 Å². The van der Waals surface area contributed by atoms with Crippen molar-refractivity contribution in [3.05, 3.63) is 89.6 Å². The van der Waals surface area contributed by atoms with Crippen LogP contribution in [0.1, 0.15) is 97.9 Å². The SMILES string of the molecule is CC(C)(C)OC(=O)N(OC(C)(C)C)c1nccc2cc(NC(C(=O)O)c3ccc(CCCC(=O)Nc4ccc(S(=O)(=O)C(C)(C)C)c(CN)c4)cc3)ccc12. The number of nitrogens with one attached hydrogen (secondary N) is 2. The number of hydrogen-bond acceptors (Lipinski definition) is 10. The summed E-state index contributed by atoms with van der Waals surface area (Å²) in [5.41, 5.74) is 7.25. The van der Waals surface area contributed by atoms with Gasteiger partial charge in [-0.3, -0.25) is 9.63 Å². The zero-order valence-corrected chi connectivity index (χ0v) is 33.8. The van der Waals surface area contributed by atoms with Crippen molar-refractivity contribution in [2.75, 3.05) is 15.7 Å². The maximum atomic E-state index is 13.2. The van der Waals surface area contributed by atoms with Gasteiger partial charge in [0.2, 0.25) is 5.91 Å². The number of aromatic nitrogens is 1. The number of fused-ring (bicyclic) bond motifs is 1. The summed E-state index contributed by atoms with van der Waals surface area (Å²) in [6, 6.07) is 17.7. The van der Waals surface area contributed by atoms with Crippen molar-refractivity contribution >= 4 is 55.8 Å². The zero-order chi connectivity index (χ0) is 40.9. The van der Waals surface area contributed by atoms with E-state index in [4.69, 9.17) is 15.3 Å². The van der Waals surface area contributed by atoms with Crippen LogP contribution < -0.4 is 21.4 Å². The van der Waals surface area contributed by atoms with Gasteiger partial charge in [0.15, 0.2) is 21.7 Å². The van der Waals surface area contributed by atoms with E-state index in [0.717, 1.165) is 10.6 Å². The van der Waals surface area contributed by atoms with Crippen molar-refractivity contribution < 1.29 is 37.5 Å². The Balaban J connectivity index is 1.42. The van der Waals surface area contributed by atoms with Crippen LogP contribution in [0.3, 0.4) is 0 Å². The topological polar surface area (TPSA) is 190 Å². The second kappa shape index (κ2) is 16.8. The van der Waals surface area contributed by atoms with Crippen molar-refractivity contribution in [2.24, 2.45) is 5.73 Å². The molecule has 14 heteroatoms. The maximum Gasteiger partial charge on any atom is 0.440 e. The summed E-state index contributed by atoms with van der Waals surface area (Å²) in [5, 5.41) is 18.4. The number of carboxylic acids is 1. The molecule has 3 aromatic carbocycles. The average molecular weight is 776 g/mol. The molecular formula is C41H53N5O8S. The van der Waals surface area contributed by atoms with E-state index >= 15 is 0 Å². The van der Waals surface area contributed by atoms with Crippen molar-refractivity contribution in [3.8, 4) is 0 Å². The lowest BCUT2D eigenvalue weighted by atomic mass is 10.0. The first kappa shape index (κ1) is 42.7. The van der Waals surface area contributed by atoms with Gasteiger partial charge in [-0.15, -0.1) is 5.06 Å². The van der Waals surface area contributed by atoms with Crippen LogP contribution >= 0.6 is 0 Å². The van der Waals surface area contributed by atoms with Gasteiger partial charge in [-0.2, -0.15) is 0 Å². The second-order valence-corrected chi connectivity index (χ2v) is 18.9. The number of carbonyl (C=O) groups excluding carboxylic acids is 2. The summed E-state index contributed by atoms with van der Waals surface area (Å²) in [5.74, 6) is -1.06. The molecule has 0 saturated carbocycles. The van der Waals surface area contributed by atoms with Gasteiger partial charge in [-0.1, -0.05) is 24.3 Å². The highest BCUT2D eigenvalue weighted by Gasteiger charge is 2.33. The van der Waals surface area contributed by atoms with Gasteiger partial charge in [0, 0.05) is 35.9 Å². The van der Waals surface area contributed by atoms with Crippen LogP contribution in [0.15, 0.2) is 77.8 Å². The molecule has 1 unspecified atom stereocenters. The van der Waals surface area contributed by atoms with Gasteiger partial charge >= 0.3 is 12.1 Å². The van der Waals surface area contributed by atoms with E-state index in [0.29, 0.717) is 46.1 Å². The molecule has 1 heterocycles. The van der Waals surface area contributed by atoms with E-state index in [-0.39, 0.29) is 29.6 Å². The number of pyridine rings is 1. The molecule has 0 radical (unpaired) electrons. The summed E-state index contributed by atoms with van der Waals surface area (Å²) >= 11 is 0. The molecule has 55 heavy (non-hydrogen) atoms. The lowest BCUT2D eigenvalue weighted by Crippen LogP contribution is -2.42. The largest absolute Gasteiger partial charge is 0.479 e. The first-order valence-corrected chi connectivity index (χ1v) is 19.5. The molecule has 0 fully saturated rings. The monoisotopic (exact) mass is 775 g/mol. The quantitative estimate of drug-likeness (QED) is 0.0965. The molecule has 1 atom stereocenters. The van der Waals surface area contributed by atoms with Crippen molar-refractivity contribution in [1.29, 1.82) is 0 Å².